The number of hydrogen-bond donors (Lipinski definition) is 1. The van der Waals surface area contributed by atoms with E-state index in [9.17, 15) is 4.39 Å². The summed E-state index contributed by atoms with van der Waals surface area (Å²) in [7, 11) is 0. The fraction of sp³-hybridized carbons (Fsp3) is 0.167. The van der Waals surface area contributed by atoms with E-state index in [1.54, 1.807) is 18.4 Å². The fourth-order valence-electron chi connectivity index (χ4n) is 1.47. The molecule has 0 spiro atoms. The molecule has 1 aromatic heterocycles. The van der Waals surface area contributed by atoms with Crippen molar-refractivity contribution in [1.29, 1.82) is 0 Å². The van der Waals surface area contributed by atoms with Crippen molar-refractivity contribution in [2.24, 2.45) is 0 Å². The van der Waals surface area contributed by atoms with Gasteiger partial charge in [-0.2, -0.15) is 0 Å². The highest BCUT2D eigenvalue weighted by atomic mass is 19.1. The lowest BCUT2D eigenvalue weighted by Crippen LogP contribution is -2.80. The zero-order valence-corrected chi connectivity index (χ0v) is 8.32. The van der Waals surface area contributed by atoms with Gasteiger partial charge in [0.15, 0.2) is 5.76 Å². The predicted molar refractivity (Wildman–Crippen MR) is 54.4 cm³/mol. The van der Waals surface area contributed by atoms with Crippen LogP contribution in [-0.2, 0) is 13.1 Å². The van der Waals surface area contributed by atoms with Crippen LogP contribution < -0.4 is 5.32 Å². The van der Waals surface area contributed by atoms with Gasteiger partial charge in [0.2, 0.25) is 0 Å². The van der Waals surface area contributed by atoms with E-state index in [0.717, 1.165) is 24.4 Å². The molecule has 0 fully saturated rings. The number of benzene rings is 1. The Bertz CT molecular complexity index is 411. The summed E-state index contributed by atoms with van der Waals surface area (Å²) in [6.07, 6.45) is 1.66. The normalized spacial score (nSPS) is 10.5. The van der Waals surface area contributed by atoms with Crippen molar-refractivity contribution in [1.82, 2.24) is 0 Å². The molecule has 0 saturated carbocycles. The van der Waals surface area contributed by atoms with Crippen molar-refractivity contribution in [2.45, 2.75) is 13.1 Å². The van der Waals surface area contributed by atoms with E-state index < -0.39 is 0 Å². The molecule has 0 aliphatic rings. The van der Waals surface area contributed by atoms with Gasteiger partial charge in [0.1, 0.15) is 18.9 Å². The van der Waals surface area contributed by atoms with Crippen LogP contribution in [0.3, 0.4) is 0 Å². The highest BCUT2D eigenvalue weighted by Gasteiger charge is 2.00. The topological polar surface area (TPSA) is 29.8 Å². The van der Waals surface area contributed by atoms with Gasteiger partial charge in [0.25, 0.3) is 0 Å². The second-order valence-corrected chi connectivity index (χ2v) is 3.41. The SMILES string of the molecule is Fc1cccc(C[NH2+]Cc2ccco2)c1. The van der Waals surface area contributed by atoms with Crippen molar-refractivity contribution < 1.29 is 14.1 Å². The maximum atomic E-state index is 12.8. The third-order valence-corrected chi connectivity index (χ3v) is 2.19. The number of nitrogens with two attached hydrogens (primary N) is 1. The molecule has 3 heteroatoms. The lowest BCUT2D eigenvalue weighted by molar-refractivity contribution is -0.688. The van der Waals surface area contributed by atoms with Crippen LogP contribution in [0.25, 0.3) is 0 Å². The monoisotopic (exact) mass is 206 g/mol. The Labute approximate surface area is 87.7 Å². The number of furan rings is 1. The van der Waals surface area contributed by atoms with Crippen LogP contribution in [0.5, 0.6) is 0 Å². The van der Waals surface area contributed by atoms with E-state index in [-0.39, 0.29) is 5.82 Å². The smallest absolute Gasteiger partial charge is 0.157 e. The molecule has 0 bridgehead atoms. The molecule has 1 heterocycles. The van der Waals surface area contributed by atoms with E-state index in [2.05, 4.69) is 5.32 Å². The Morgan fingerprint density at radius 3 is 2.80 bits per heavy atom. The minimum atomic E-state index is -0.182. The molecule has 2 rings (SSSR count). The standard InChI is InChI=1S/C12H12FNO/c13-11-4-1-3-10(7-11)8-14-9-12-5-2-6-15-12/h1-7,14H,8-9H2/p+1. The highest BCUT2D eigenvalue weighted by molar-refractivity contribution is 5.14. The zero-order valence-electron chi connectivity index (χ0n) is 8.32. The Morgan fingerprint density at radius 2 is 2.07 bits per heavy atom. The van der Waals surface area contributed by atoms with Crippen LogP contribution in [-0.4, -0.2) is 0 Å². The van der Waals surface area contributed by atoms with Crippen LogP contribution in [0.1, 0.15) is 11.3 Å². The maximum absolute atomic E-state index is 12.8. The van der Waals surface area contributed by atoms with Gasteiger partial charge >= 0.3 is 0 Å². The second-order valence-electron chi connectivity index (χ2n) is 3.41. The first-order valence-corrected chi connectivity index (χ1v) is 4.93. The van der Waals surface area contributed by atoms with Gasteiger partial charge in [-0.15, -0.1) is 0 Å². The molecule has 2 aromatic rings. The zero-order chi connectivity index (χ0) is 10.5. The number of hydrogen-bond acceptors (Lipinski definition) is 1. The van der Waals surface area contributed by atoms with Crippen molar-refractivity contribution in [3.63, 3.8) is 0 Å². The average molecular weight is 206 g/mol. The molecule has 0 aliphatic carbocycles. The summed E-state index contributed by atoms with van der Waals surface area (Å²) < 4.78 is 18.0. The largest absolute Gasteiger partial charge is 0.463 e. The molecule has 15 heavy (non-hydrogen) atoms. The summed E-state index contributed by atoms with van der Waals surface area (Å²) in [6.45, 7) is 1.54. The minimum Gasteiger partial charge on any atom is -0.463 e. The minimum absolute atomic E-state index is 0.182. The van der Waals surface area contributed by atoms with Crippen molar-refractivity contribution >= 4 is 0 Å². The molecule has 0 atom stereocenters. The van der Waals surface area contributed by atoms with Crippen LogP contribution in [0.2, 0.25) is 0 Å². The third kappa shape index (κ3) is 2.92. The van der Waals surface area contributed by atoms with Crippen molar-refractivity contribution in [3.8, 4) is 0 Å². The van der Waals surface area contributed by atoms with Crippen LogP contribution in [0, 0.1) is 5.82 Å². The Balaban J connectivity index is 1.83. The molecular formula is C12H13FNO+. The molecule has 0 radical (unpaired) electrons. The van der Waals surface area contributed by atoms with E-state index in [4.69, 9.17) is 4.42 Å². The first-order chi connectivity index (χ1) is 7.34. The van der Waals surface area contributed by atoms with Gasteiger partial charge in [0.05, 0.1) is 6.26 Å². The lowest BCUT2D eigenvalue weighted by atomic mass is 10.2. The first-order valence-electron chi connectivity index (χ1n) is 4.93. The van der Waals surface area contributed by atoms with E-state index in [0.29, 0.717) is 0 Å². The van der Waals surface area contributed by atoms with E-state index in [1.807, 2.05) is 18.2 Å². The van der Waals surface area contributed by atoms with Gasteiger partial charge < -0.3 is 9.73 Å². The molecule has 78 valence electrons. The molecule has 0 aliphatic heterocycles. The van der Waals surface area contributed by atoms with Gasteiger partial charge in [-0.1, -0.05) is 12.1 Å². The Kier molecular flexibility index (Phi) is 3.15. The van der Waals surface area contributed by atoms with Crippen LogP contribution in [0.4, 0.5) is 4.39 Å². The van der Waals surface area contributed by atoms with Crippen LogP contribution in [0.15, 0.2) is 47.1 Å². The molecule has 1 aromatic carbocycles. The van der Waals surface area contributed by atoms with Crippen LogP contribution >= 0.6 is 0 Å². The lowest BCUT2D eigenvalue weighted by Gasteiger charge is -2.00. The molecule has 0 amide bonds. The fourth-order valence-corrected chi connectivity index (χ4v) is 1.47. The van der Waals surface area contributed by atoms with Crippen molar-refractivity contribution in [2.75, 3.05) is 0 Å². The quantitative estimate of drug-likeness (QED) is 0.810. The summed E-state index contributed by atoms with van der Waals surface area (Å²) in [5.41, 5.74) is 0.988. The van der Waals surface area contributed by atoms with Gasteiger partial charge in [0, 0.05) is 5.56 Å². The number of halogens is 1. The van der Waals surface area contributed by atoms with Gasteiger partial charge in [-0.05, 0) is 24.3 Å². The van der Waals surface area contributed by atoms with Gasteiger partial charge in [-0.3, -0.25) is 0 Å². The molecule has 2 nitrogen and oxygen atoms in total. The summed E-state index contributed by atoms with van der Waals surface area (Å²) >= 11 is 0. The molecule has 0 saturated heterocycles. The molecular weight excluding hydrogens is 193 g/mol. The van der Waals surface area contributed by atoms with E-state index >= 15 is 0 Å². The summed E-state index contributed by atoms with van der Waals surface area (Å²) in [5.74, 6) is 0.755. The number of rotatable bonds is 4. The number of quaternary nitrogens is 1. The summed E-state index contributed by atoms with van der Waals surface area (Å²) in [5, 5.41) is 2.08. The first kappa shape index (κ1) is 9.93. The predicted octanol–water partition coefficient (Wildman–Crippen LogP) is 1.68. The second kappa shape index (κ2) is 4.75. The van der Waals surface area contributed by atoms with E-state index in [1.165, 1.54) is 6.07 Å². The summed E-state index contributed by atoms with van der Waals surface area (Å²) in [4.78, 5) is 0. The average Bonchev–Trinajstić information content (AvgIpc) is 2.71. The third-order valence-electron chi connectivity index (χ3n) is 2.19. The summed E-state index contributed by atoms with van der Waals surface area (Å²) in [6, 6.07) is 10.5. The molecule has 2 N–H and O–H groups in total. The van der Waals surface area contributed by atoms with Crippen molar-refractivity contribution in [3.05, 3.63) is 59.8 Å². The highest BCUT2D eigenvalue weighted by Crippen LogP contribution is 2.01. The Morgan fingerprint density at radius 1 is 1.13 bits per heavy atom. The Hall–Kier alpha value is -1.61. The van der Waals surface area contributed by atoms with Gasteiger partial charge in [-0.25, -0.2) is 4.39 Å². The maximum Gasteiger partial charge on any atom is 0.157 e. The molecule has 0 unspecified atom stereocenters.